The lowest BCUT2D eigenvalue weighted by atomic mass is 9.98. The van der Waals surface area contributed by atoms with Gasteiger partial charge in [0, 0.05) is 10.1 Å². The normalized spacial score (nSPS) is 12.6. The first-order chi connectivity index (χ1) is 7.52. The van der Waals surface area contributed by atoms with Crippen molar-refractivity contribution in [1.29, 1.82) is 0 Å². The molecule has 0 bridgehead atoms. The van der Waals surface area contributed by atoms with E-state index in [0.29, 0.717) is 11.8 Å². The van der Waals surface area contributed by atoms with Crippen LogP contribution in [0.5, 0.6) is 0 Å². The third-order valence-electron chi connectivity index (χ3n) is 2.84. The van der Waals surface area contributed by atoms with Crippen LogP contribution in [-0.2, 0) is 0 Å². The van der Waals surface area contributed by atoms with Gasteiger partial charge in [0.25, 0.3) is 5.91 Å². The van der Waals surface area contributed by atoms with Crippen molar-refractivity contribution in [2.45, 2.75) is 20.8 Å². The molecule has 1 N–H and O–H groups in total. The highest BCUT2D eigenvalue weighted by Gasteiger charge is 2.11. The number of carbonyl (C=O) groups excluding carboxylic acids is 1. The van der Waals surface area contributed by atoms with E-state index in [1.54, 1.807) is 0 Å². The van der Waals surface area contributed by atoms with Crippen LogP contribution in [0, 0.1) is 15.4 Å². The summed E-state index contributed by atoms with van der Waals surface area (Å²) >= 11 is 2.19. The van der Waals surface area contributed by atoms with E-state index in [2.05, 4.69) is 48.7 Å². The third kappa shape index (κ3) is 3.77. The Kier molecular flexibility index (Phi) is 5.25. The molecular weight excluding hydrogens is 313 g/mol. The van der Waals surface area contributed by atoms with Gasteiger partial charge in [-0.25, -0.2) is 0 Å². The lowest BCUT2D eigenvalue weighted by molar-refractivity contribution is 0.0944. The van der Waals surface area contributed by atoms with E-state index in [1.165, 1.54) is 0 Å². The van der Waals surface area contributed by atoms with Gasteiger partial charge in [0.2, 0.25) is 0 Å². The van der Waals surface area contributed by atoms with E-state index in [4.69, 9.17) is 0 Å². The minimum Gasteiger partial charge on any atom is -0.352 e. The lowest BCUT2D eigenvalue weighted by Gasteiger charge is -2.16. The van der Waals surface area contributed by atoms with Crippen LogP contribution in [0.3, 0.4) is 0 Å². The molecule has 2 nitrogen and oxygen atoms in total. The number of amides is 1. The second-order valence-corrected chi connectivity index (χ2v) is 5.57. The van der Waals surface area contributed by atoms with E-state index in [9.17, 15) is 4.79 Å². The first kappa shape index (κ1) is 13.5. The molecule has 0 spiro atoms. The fraction of sp³-hybridized carbons (Fsp3) is 0.462. The molecule has 88 valence electrons. The first-order valence-corrected chi connectivity index (χ1v) is 6.63. The zero-order chi connectivity index (χ0) is 12.1. The van der Waals surface area contributed by atoms with Crippen LogP contribution in [0.1, 0.15) is 31.1 Å². The number of benzene rings is 1. The van der Waals surface area contributed by atoms with Crippen LogP contribution in [0.15, 0.2) is 24.3 Å². The average Bonchev–Trinajstić information content (AvgIpc) is 2.25. The van der Waals surface area contributed by atoms with E-state index in [1.807, 2.05) is 24.3 Å². The molecule has 0 aliphatic carbocycles. The maximum absolute atomic E-state index is 11.9. The van der Waals surface area contributed by atoms with Gasteiger partial charge in [0.1, 0.15) is 0 Å². The van der Waals surface area contributed by atoms with Crippen LogP contribution in [0.4, 0.5) is 0 Å². The summed E-state index contributed by atoms with van der Waals surface area (Å²) in [6.07, 6.45) is 0. The number of nitrogens with one attached hydrogen (secondary N) is 1. The summed E-state index contributed by atoms with van der Waals surface area (Å²) in [7, 11) is 0. The van der Waals surface area contributed by atoms with Crippen molar-refractivity contribution >= 4 is 28.5 Å². The predicted molar refractivity (Wildman–Crippen MR) is 75.5 cm³/mol. The molecule has 0 saturated carbocycles. The van der Waals surface area contributed by atoms with Gasteiger partial charge in [-0.05, 0) is 46.6 Å². The Morgan fingerprint density at radius 2 is 1.94 bits per heavy atom. The smallest absolute Gasteiger partial charge is 0.252 e. The Bertz CT molecular complexity index is 363. The maximum Gasteiger partial charge on any atom is 0.252 e. The minimum atomic E-state index is 0.0255. The highest BCUT2D eigenvalue weighted by molar-refractivity contribution is 14.1. The van der Waals surface area contributed by atoms with Crippen LogP contribution in [0.2, 0.25) is 0 Å². The molecule has 1 unspecified atom stereocenters. The molecule has 0 radical (unpaired) electrons. The summed E-state index contributed by atoms with van der Waals surface area (Å²) < 4.78 is 0.995. The summed E-state index contributed by atoms with van der Waals surface area (Å²) in [4.78, 5) is 11.9. The average molecular weight is 331 g/mol. The number of carbonyl (C=O) groups is 1. The SMILES string of the molecule is CC(C)C(C)CNC(=O)c1ccccc1I. The summed E-state index contributed by atoms with van der Waals surface area (Å²) in [5.74, 6) is 1.12. The second-order valence-electron chi connectivity index (χ2n) is 4.41. The molecule has 0 heterocycles. The summed E-state index contributed by atoms with van der Waals surface area (Å²) in [5, 5.41) is 2.98. The Morgan fingerprint density at radius 1 is 1.31 bits per heavy atom. The van der Waals surface area contributed by atoms with Crippen molar-refractivity contribution in [1.82, 2.24) is 5.32 Å². The molecule has 3 heteroatoms. The van der Waals surface area contributed by atoms with Gasteiger partial charge in [-0.15, -0.1) is 0 Å². The molecule has 0 saturated heterocycles. The zero-order valence-corrected chi connectivity index (χ0v) is 12.1. The van der Waals surface area contributed by atoms with E-state index < -0.39 is 0 Å². The molecular formula is C13H18INO. The highest BCUT2D eigenvalue weighted by Crippen LogP contribution is 2.12. The van der Waals surface area contributed by atoms with Crippen molar-refractivity contribution in [3.05, 3.63) is 33.4 Å². The van der Waals surface area contributed by atoms with Crippen LogP contribution in [0.25, 0.3) is 0 Å². The number of rotatable bonds is 4. The third-order valence-corrected chi connectivity index (χ3v) is 3.78. The Hall–Kier alpha value is -0.580. The highest BCUT2D eigenvalue weighted by atomic mass is 127. The van der Waals surface area contributed by atoms with Crippen molar-refractivity contribution in [3.63, 3.8) is 0 Å². The van der Waals surface area contributed by atoms with E-state index in [0.717, 1.165) is 15.7 Å². The van der Waals surface area contributed by atoms with Gasteiger partial charge >= 0.3 is 0 Å². The van der Waals surface area contributed by atoms with E-state index >= 15 is 0 Å². The molecule has 0 aliphatic rings. The fourth-order valence-corrected chi connectivity index (χ4v) is 1.86. The van der Waals surface area contributed by atoms with Gasteiger partial charge in [0.15, 0.2) is 0 Å². The van der Waals surface area contributed by atoms with Crippen LogP contribution in [-0.4, -0.2) is 12.5 Å². The molecule has 1 aromatic carbocycles. The molecule has 1 atom stereocenters. The predicted octanol–water partition coefficient (Wildman–Crippen LogP) is 3.31. The molecule has 1 rings (SSSR count). The van der Waals surface area contributed by atoms with E-state index in [-0.39, 0.29) is 5.91 Å². The Morgan fingerprint density at radius 3 is 2.50 bits per heavy atom. The standard InChI is InChI=1S/C13H18INO/c1-9(2)10(3)8-15-13(16)11-6-4-5-7-12(11)14/h4-7,9-10H,8H2,1-3H3,(H,15,16). The molecule has 0 fully saturated rings. The summed E-state index contributed by atoms with van der Waals surface area (Å²) in [6, 6.07) is 7.64. The molecule has 16 heavy (non-hydrogen) atoms. The second kappa shape index (κ2) is 6.23. The maximum atomic E-state index is 11.9. The van der Waals surface area contributed by atoms with Gasteiger partial charge in [-0.1, -0.05) is 32.9 Å². The molecule has 1 amide bonds. The molecule has 1 aromatic rings. The lowest BCUT2D eigenvalue weighted by Crippen LogP contribution is -2.30. The molecule has 0 aliphatic heterocycles. The van der Waals surface area contributed by atoms with Crippen LogP contribution < -0.4 is 5.32 Å². The van der Waals surface area contributed by atoms with Gasteiger partial charge in [-0.3, -0.25) is 4.79 Å². The van der Waals surface area contributed by atoms with Gasteiger partial charge < -0.3 is 5.32 Å². The topological polar surface area (TPSA) is 29.1 Å². The quantitative estimate of drug-likeness (QED) is 0.843. The summed E-state index contributed by atoms with van der Waals surface area (Å²) in [6.45, 7) is 7.23. The Balaban J connectivity index is 2.57. The number of halogens is 1. The number of hydrogen-bond acceptors (Lipinski definition) is 1. The van der Waals surface area contributed by atoms with Crippen molar-refractivity contribution < 1.29 is 4.79 Å². The largest absolute Gasteiger partial charge is 0.352 e. The first-order valence-electron chi connectivity index (χ1n) is 5.55. The summed E-state index contributed by atoms with van der Waals surface area (Å²) in [5.41, 5.74) is 0.763. The Labute approximate surface area is 111 Å². The molecule has 0 aromatic heterocycles. The minimum absolute atomic E-state index is 0.0255. The van der Waals surface area contributed by atoms with Crippen molar-refractivity contribution in [2.24, 2.45) is 11.8 Å². The zero-order valence-electron chi connectivity index (χ0n) is 9.96. The van der Waals surface area contributed by atoms with Gasteiger partial charge in [-0.2, -0.15) is 0 Å². The monoisotopic (exact) mass is 331 g/mol. The fourth-order valence-electron chi connectivity index (χ4n) is 1.23. The van der Waals surface area contributed by atoms with Gasteiger partial charge in [0.05, 0.1) is 5.56 Å². The number of hydrogen-bond donors (Lipinski definition) is 1. The van der Waals surface area contributed by atoms with Crippen molar-refractivity contribution in [3.8, 4) is 0 Å². The van der Waals surface area contributed by atoms with Crippen LogP contribution >= 0.6 is 22.6 Å². The van der Waals surface area contributed by atoms with Crippen molar-refractivity contribution in [2.75, 3.05) is 6.54 Å².